The van der Waals surface area contributed by atoms with Gasteiger partial charge >= 0.3 is 0 Å². The highest BCUT2D eigenvalue weighted by Crippen LogP contribution is 2.24. The largest absolute Gasteiger partial charge is 0.390 e. The van der Waals surface area contributed by atoms with E-state index in [1.807, 2.05) is 51.1 Å². The number of ketones is 3. The van der Waals surface area contributed by atoms with Gasteiger partial charge in [0, 0.05) is 49.7 Å². The average Bonchev–Trinajstić information content (AvgIpc) is 3.36. The predicted molar refractivity (Wildman–Crippen MR) is 284 cm³/mol. The average molecular weight is 984 g/mol. The van der Waals surface area contributed by atoms with Gasteiger partial charge in [-0.25, -0.2) is 15.0 Å². The molecule has 0 aliphatic carbocycles. The zero-order valence-corrected chi connectivity index (χ0v) is 41.9. The lowest BCUT2D eigenvalue weighted by Crippen LogP contribution is -2.32. The van der Waals surface area contributed by atoms with E-state index in [1.54, 1.807) is 62.9 Å². The fourth-order valence-corrected chi connectivity index (χ4v) is 7.59. The van der Waals surface area contributed by atoms with Gasteiger partial charge in [0.05, 0.1) is 40.3 Å². The third-order valence-corrected chi connectivity index (χ3v) is 11.2. The molecule has 0 radical (unpaired) electrons. The number of carbonyl (C=O) groups excluding carboxylic acids is 3. The van der Waals surface area contributed by atoms with Gasteiger partial charge in [-0.15, -0.1) is 0 Å². The van der Waals surface area contributed by atoms with E-state index in [1.165, 1.54) is 0 Å². The molecule has 0 amide bonds. The fraction of sp³-hybridized carbons (Fsp3) is 0.431. The molecule has 0 saturated carbocycles. The van der Waals surface area contributed by atoms with Crippen LogP contribution in [0.4, 0.5) is 35.3 Å². The number of carbonyl (C=O) groups is 3. The smallest absolute Gasteiger partial charge is 0.222 e. The normalized spacial score (nSPS) is 12.4. The van der Waals surface area contributed by atoms with E-state index in [0.29, 0.717) is 108 Å². The molecule has 7 heterocycles. The molecule has 7 rings (SSSR count). The van der Waals surface area contributed by atoms with Crippen LogP contribution in [-0.2, 0) is 20.8 Å². The molecule has 3 atom stereocenters. The molecule has 0 unspecified atom stereocenters. The molecule has 0 saturated heterocycles. The number of nitrogen functional groups attached to an aromatic ring is 3. The second-order valence-electron chi connectivity index (χ2n) is 17.8. The summed E-state index contributed by atoms with van der Waals surface area (Å²) >= 11 is 0. The third-order valence-electron chi connectivity index (χ3n) is 11.2. The second kappa shape index (κ2) is 27.7. The van der Waals surface area contributed by atoms with Gasteiger partial charge in [-0.3, -0.25) is 34.3 Å². The number of hydrogen-bond donors (Lipinski definition) is 8. The first kappa shape index (κ1) is 55.3. The Balaban J connectivity index is 0.000000201. The van der Waals surface area contributed by atoms with Crippen LogP contribution in [0, 0.1) is 0 Å². The van der Waals surface area contributed by atoms with Crippen molar-refractivity contribution >= 4 is 85.7 Å². The lowest BCUT2D eigenvalue weighted by atomic mass is 9.96. The van der Waals surface area contributed by atoms with E-state index in [0.717, 1.165) is 31.4 Å². The molecular weight excluding hydrogens is 915 g/mol. The minimum atomic E-state index is -0.861. The molecule has 0 bridgehead atoms. The molecule has 0 aliphatic rings. The zero-order valence-electron chi connectivity index (χ0n) is 41.9. The molecule has 21 nitrogen and oxygen atoms in total. The number of anilines is 6. The first-order valence-corrected chi connectivity index (χ1v) is 24.5. The number of hydrogen-bond acceptors (Lipinski definition) is 21. The standard InChI is InChI=1S/C19H22N6O.C17H25N5O2.C15H22N6O/c1-2-6-14(16(26)10-9-13-7-3-4-11-21-13)23-18-17-15(8-5-12-22-17)24-19(20)25-18;1-4-6-11(13(23)8-9-17(2,3)24)20-15-14-12(7-5-10-19-14)21-16(18)22-15;1-2-5-10(12(22)7-3-8-16)19-14-13-11(6-4-9-18-13)20-15(17)21-14/h3-5,7-8,11-12,14H,2,6,9-10H2,1H3,(H3,20,23,24,25);5,7,10-11,24H,4,6,8-9H2,1-3H3,(H3,18,20,21,22);4,6,9-10H,2-3,5,7-8,16H2,1H3,(H3,17,19,20,21)/t14-;11-;10-/m000/s1. The quantitative estimate of drug-likeness (QED) is 0.0316. The van der Waals surface area contributed by atoms with Crippen molar-refractivity contribution in [2.45, 2.75) is 135 Å². The van der Waals surface area contributed by atoms with Crippen LogP contribution in [0.2, 0.25) is 0 Å². The summed E-state index contributed by atoms with van der Waals surface area (Å²) in [6.07, 6.45) is 14.3. The number of nitrogens with one attached hydrogen (secondary N) is 3. The Kier molecular flexibility index (Phi) is 21.2. The molecule has 7 aromatic heterocycles. The van der Waals surface area contributed by atoms with Gasteiger partial charge in [-0.05, 0) is 107 Å². The summed E-state index contributed by atoms with van der Waals surface area (Å²) in [5.41, 5.74) is 26.6. The first-order valence-electron chi connectivity index (χ1n) is 24.5. The van der Waals surface area contributed by atoms with E-state index < -0.39 is 11.6 Å². The van der Waals surface area contributed by atoms with E-state index in [-0.39, 0.29) is 47.3 Å². The summed E-state index contributed by atoms with van der Waals surface area (Å²) in [4.78, 5) is 79.9. The van der Waals surface area contributed by atoms with Gasteiger partial charge < -0.3 is 44.0 Å². The molecule has 382 valence electrons. The lowest BCUT2D eigenvalue weighted by molar-refractivity contribution is -0.121. The maximum atomic E-state index is 12.7. The van der Waals surface area contributed by atoms with E-state index >= 15 is 0 Å². The van der Waals surface area contributed by atoms with Gasteiger partial charge in [0.15, 0.2) is 34.8 Å². The zero-order chi connectivity index (χ0) is 52.0. The molecule has 0 aliphatic heterocycles. The topological polar surface area (TPSA) is 341 Å². The van der Waals surface area contributed by atoms with E-state index in [4.69, 9.17) is 22.9 Å². The van der Waals surface area contributed by atoms with Crippen LogP contribution in [0.25, 0.3) is 33.1 Å². The molecule has 0 spiro atoms. The van der Waals surface area contributed by atoms with Crippen LogP contribution in [-0.4, -0.2) is 103 Å². The van der Waals surface area contributed by atoms with Crippen molar-refractivity contribution in [3.63, 3.8) is 0 Å². The molecule has 7 aromatic rings. The number of nitrogens with zero attached hydrogens (tertiary/aromatic N) is 10. The number of aliphatic hydroxyl groups is 1. The lowest BCUT2D eigenvalue weighted by Gasteiger charge is -2.21. The number of aromatic nitrogens is 10. The van der Waals surface area contributed by atoms with Crippen LogP contribution in [0.1, 0.15) is 111 Å². The Morgan fingerprint density at radius 1 is 0.542 bits per heavy atom. The number of Topliss-reactive ketones (excluding diaryl/α,β-unsaturated/α-hetero) is 3. The number of fused-ring (bicyclic) bond motifs is 3. The van der Waals surface area contributed by atoms with E-state index in [2.05, 4.69) is 65.8 Å². The van der Waals surface area contributed by atoms with Crippen molar-refractivity contribution in [2.75, 3.05) is 39.7 Å². The summed E-state index contributed by atoms with van der Waals surface area (Å²) in [5, 5.41) is 19.4. The first-order chi connectivity index (χ1) is 34.6. The Labute approximate surface area is 419 Å². The van der Waals surface area contributed by atoms with Gasteiger partial charge in [-0.2, -0.15) is 15.0 Å². The van der Waals surface area contributed by atoms with Crippen molar-refractivity contribution in [1.82, 2.24) is 49.8 Å². The minimum Gasteiger partial charge on any atom is -0.390 e. The Morgan fingerprint density at radius 2 is 0.931 bits per heavy atom. The summed E-state index contributed by atoms with van der Waals surface area (Å²) < 4.78 is 0. The van der Waals surface area contributed by atoms with Crippen LogP contribution >= 0.6 is 0 Å². The van der Waals surface area contributed by atoms with E-state index in [9.17, 15) is 19.5 Å². The number of nitrogens with two attached hydrogens (primary N) is 4. The highest BCUT2D eigenvalue weighted by molar-refractivity contribution is 5.93. The molecule has 0 fully saturated rings. The molecule has 72 heavy (non-hydrogen) atoms. The Morgan fingerprint density at radius 3 is 1.29 bits per heavy atom. The Hall–Kier alpha value is -7.65. The molecule has 12 N–H and O–H groups in total. The van der Waals surface area contributed by atoms with Crippen molar-refractivity contribution in [3.05, 3.63) is 85.1 Å². The monoisotopic (exact) mass is 984 g/mol. The molecular formula is C51H69N17O4. The predicted octanol–water partition coefficient (Wildman–Crippen LogP) is 6.59. The Bertz CT molecular complexity index is 2850. The second-order valence-corrected chi connectivity index (χ2v) is 17.8. The van der Waals surface area contributed by atoms with Crippen molar-refractivity contribution in [2.24, 2.45) is 5.73 Å². The summed E-state index contributed by atoms with van der Waals surface area (Å²) in [7, 11) is 0. The third kappa shape index (κ3) is 17.0. The van der Waals surface area contributed by atoms with Crippen LogP contribution < -0.4 is 38.9 Å². The van der Waals surface area contributed by atoms with Gasteiger partial charge in [0.2, 0.25) is 17.8 Å². The molecule has 0 aromatic carbocycles. The van der Waals surface area contributed by atoms with Crippen LogP contribution in [0.5, 0.6) is 0 Å². The van der Waals surface area contributed by atoms with Gasteiger partial charge in [0.1, 0.15) is 16.6 Å². The van der Waals surface area contributed by atoms with Crippen molar-refractivity contribution in [1.29, 1.82) is 0 Å². The SMILES string of the molecule is CCC[C@H](Nc1nc(N)nc2cccnc12)C(=O)CCC(C)(C)O.CCC[C@H](Nc1nc(N)nc2cccnc12)C(=O)CCCN.CCC[C@H](Nc1nc(N)nc2cccnc12)C(=O)CCc1ccccn1. The molecule has 21 heteroatoms. The highest BCUT2D eigenvalue weighted by atomic mass is 16.3. The van der Waals surface area contributed by atoms with Gasteiger partial charge in [-0.1, -0.05) is 46.1 Å². The summed E-state index contributed by atoms with van der Waals surface area (Å²) in [5.74, 6) is 2.22. The number of rotatable bonds is 24. The number of aryl methyl sites for hydroxylation is 1. The highest BCUT2D eigenvalue weighted by Gasteiger charge is 2.24. The van der Waals surface area contributed by atoms with Crippen molar-refractivity contribution < 1.29 is 19.5 Å². The minimum absolute atomic E-state index is 0.0419. The van der Waals surface area contributed by atoms with Crippen LogP contribution in [0.3, 0.4) is 0 Å². The maximum absolute atomic E-state index is 12.7. The summed E-state index contributed by atoms with van der Waals surface area (Å²) in [6, 6.07) is 15.5. The summed E-state index contributed by atoms with van der Waals surface area (Å²) in [6.45, 7) is 10.0. The van der Waals surface area contributed by atoms with Crippen molar-refractivity contribution in [3.8, 4) is 0 Å². The van der Waals surface area contributed by atoms with Crippen LogP contribution in [0.15, 0.2) is 79.4 Å². The van der Waals surface area contributed by atoms with Gasteiger partial charge in [0.25, 0.3) is 0 Å². The fourth-order valence-electron chi connectivity index (χ4n) is 7.59. The maximum Gasteiger partial charge on any atom is 0.222 e. The number of pyridine rings is 4.